The van der Waals surface area contributed by atoms with E-state index in [-0.39, 0.29) is 5.76 Å². The second-order valence-electron chi connectivity index (χ2n) is 9.50. The summed E-state index contributed by atoms with van der Waals surface area (Å²) >= 11 is 0. The Balaban J connectivity index is 1.18. The lowest BCUT2D eigenvalue weighted by molar-refractivity contribution is -0.115. The molecule has 3 aromatic rings. The van der Waals surface area contributed by atoms with E-state index in [9.17, 15) is 4.79 Å². The SMILES string of the molecule is C=C1Oc2ccc(Nc3nc(Nc4cnc(N5CC6CC5CN6C)c(C)c4)ncc3C)nc2NC1=O. The highest BCUT2D eigenvalue weighted by atomic mass is 16.5. The molecule has 3 aliphatic heterocycles. The van der Waals surface area contributed by atoms with Gasteiger partial charge >= 0.3 is 0 Å². The molecular weight excluding hydrogens is 458 g/mol. The van der Waals surface area contributed by atoms with E-state index in [1.165, 1.54) is 6.42 Å². The van der Waals surface area contributed by atoms with E-state index >= 15 is 0 Å². The number of carbonyl (C=O) groups excluding carboxylic acids is 1. The molecule has 11 heteroatoms. The molecule has 0 radical (unpaired) electrons. The Morgan fingerprint density at radius 2 is 1.94 bits per heavy atom. The number of likely N-dealkylation sites (N-methyl/N-ethyl adjacent to an activating group) is 1. The minimum Gasteiger partial charge on any atom is -0.448 e. The van der Waals surface area contributed by atoms with Crippen LogP contribution >= 0.6 is 0 Å². The maximum atomic E-state index is 11.8. The van der Waals surface area contributed by atoms with E-state index in [1.807, 2.05) is 13.1 Å². The maximum absolute atomic E-state index is 11.8. The van der Waals surface area contributed by atoms with Crippen molar-refractivity contribution in [3.63, 3.8) is 0 Å². The molecule has 2 atom stereocenters. The highest BCUT2D eigenvalue weighted by molar-refractivity contribution is 6.04. The fraction of sp³-hybridized carbons (Fsp3) is 0.320. The molecule has 2 bridgehead atoms. The van der Waals surface area contributed by atoms with Crippen molar-refractivity contribution in [2.75, 3.05) is 41.0 Å². The van der Waals surface area contributed by atoms with Crippen LogP contribution in [0.5, 0.6) is 5.75 Å². The van der Waals surface area contributed by atoms with Crippen molar-refractivity contribution in [3.8, 4) is 5.75 Å². The maximum Gasteiger partial charge on any atom is 0.292 e. The van der Waals surface area contributed by atoms with Crippen LogP contribution in [0.25, 0.3) is 0 Å². The monoisotopic (exact) mass is 485 g/mol. The van der Waals surface area contributed by atoms with Gasteiger partial charge in [0.2, 0.25) is 5.95 Å². The molecule has 3 aliphatic rings. The summed E-state index contributed by atoms with van der Waals surface area (Å²) in [5.41, 5.74) is 2.78. The van der Waals surface area contributed by atoms with Gasteiger partial charge in [-0.3, -0.25) is 9.69 Å². The van der Waals surface area contributed by atoms with Crippen molar-refractivity contribution in [1.29, 1.82) is 0 Å². The predicted octanol–water partition coefficient (Wildman–Crippen LogP) is 3.11. The second-order valence-corrected chi connectivity index (χ2v) is 9.50. The first kappa shape index (κ1) is 22.2. The van der Waals surface area contributed by atoms with E-state index in [0.717, 1.165) is 35.7 Å². The van der Waals surface area contributed by atoms with Crippen LogP contribution in [0.4, 0.5) is 34.9 Å². The number of aryl methyl sites for hydroxylation is 2. The molecule has 0 spiro atoms. The molecule has 36 heavy (non-hydrogen) atoms. The molecule has 11 nitrogen and oxygen atoms in total. The highest BCUT2D eigenvalue weighted by Gasteiger charge is 2.42. The third-order valence-corrected chi connectivity index (χ3v) is 6.89. The van der Waals surface area contributed by atoms with Crippen molar-refractivity contribution in [1.82, 2.24) is 24.8 Å². The Labute approximate surface area is 208 Å². The molecule has 2 unspecified atom stereocenters. The molecule has 0 aromatic carbocycles. The average Bonchev–Trinajstić information content (AvgIpc) is 3.42. The smallest absolute Gasteiger partial charge is 0.292 e. The lowest BCUT2D eigenvalue weighted by Gasteiger charge is -2.33. The number of amides is 1. The molecule has 2 fully saturated rings. The zero-order valence-electron chi connectivity index (χ0n) is 20.4. The van der Waals surface area contributed by atoms with Gasteiger partial charge in [-0.2, -0.15) is 4.98 Å². The zero-order valence-corrected chi connectivity index (χ0v) is 20.4. The minimum absolute atomic E-state index is 0.0328. The third kappa shape index (κ3) is 3.97. The third-order valence-electron chi connectivity index (χ3n) is 6.89. The largest absolute Gasteiger partial charge is 0.448 e. The quantitative estimate of drug-likeness (QED) is 0.465. The standard InChI is InChI=1S/C25H27N9O2/c1-13-7-16(10-26-23(13)34-12-17-8-18(34)11-33(17)4)28-25-27-9-14(2)21(32-25)29-20-6-5-19-22(30-20)31-24(35)15(3)36-19/h5-7,9-10,17-18H,3,8,11-12H2,1-2,4H3,(H3,27,28,29,30,31,32,35). The number of carbonyl (C=O) groups is 1. The number of anilines is 6. The fourth-order valence-electron chi connectivity index (χ4n) is 4.99. The van der Waals surface area contributed by atoms with Crippen molar-refractivity contribution in [2.24, 2.45) is 0 Å². The summed E-state index contributed by atoms with van der Waals surface area (Å²) in [5, 5.41) is 9.12. The lowest BCUT2D eigenvalue weighted by atomic mass is 10.2. The molecule has 6 rings (SSSR count). The Morgan fingerprint density at radius 3 is 2.69 bits per heavy atom. The number of pyridine rings is 2. The van der Waals surface area contributed by atoms with Crippen molar-refractivity contribution >= 4 is 40.8 Å². The Bertz CT molecular complexity index is 1390. The van der Waals surface area contributed by atoms with E-state index in [4.69, 9.17) is 9.72 Å². The number of nitrogens with one attached hydrogen (secondary N) is 3. The summed E-state index contributed by atoms with van der Waals surface area (Å²) in [5.74, 6) is 2.95. The molecule has 3 aromatic heterocycles. The first-order chi connectivity index (χ1) is 17.3. The van der Waals surface area contributed by atoms with Crippen molar-refractivity contribution < 1.29 is 9.53 Å². The number of rotatable bonds is 5. The van der Waals surface area contributed by atoms with Gasteiger partial charge in [-0.1, -0.05) is 6.58 Å². The fourth-order valence-corrected chi connectivity index (χ4v) is 4.99. The van der Waals surface area contributed by atoms with Gasteiger partial charge in [0, 0.05) is 36.9 Å². The van der Waals surface area contributed by atoms with Crippen LogP contribution in [-0.2, 0) is 4.79 Å². The van der Waals surface area contributed by atoms with Crippen LogP contribution in [0.15, 0.2) is 42.9 Å². The Morgan fingerprint density at radius 1 is 1.08 bits per heavy atom. The number of likely N-dealkylation sites (tertiary alicyclic amines) is 1. The molecular formula is C25H27N9O2. The van der Waals surface area contributed by atoms with Gasteiger partial charge in [-0.15, -0.1) is 0 Å². The molecule has 6 heterocycles. The average molecular weight is 486 g/mol. The molecule has 1 amide bonds. The number of ether oxygens (including phenoxy) is 1. The van der Waals surface area contributed by atoms with Gasteiger partial charge in [0.05, 0.1) is 11.9 Å². The lowest BCUT2D eigenvalue weighted by Crippen LogP contribution is -2.45. The van der Waals surface area contributed by atoms with Crippen LogP contribution in [0.1, 0.15) is 17.5 Å². The van der Waals surface area contributed by atoms with E-state index in [1.54, 1.807) is 18.3 Å². The summed E-state index contributed by atoms with van der Waals surface area (Å²) in [6.45, 7) is 9.68. The van der Waals surface area contributed by atoms with Gasteiger partial charge in [0.1, 0.15) is 17.5 Å². The van der Waals surface area contributed by atoms with Crippen LogP contribution < -0.4 is 25.6 Å². The van der Waals surface area contributed by atoms with Gasteiger partial charge in [0.25, 0.3) is 5.91 Å². The Hall–Kier alpha value is -4.25. The van der Waals surface area contributed by atoms with Gasteiger partial charge in [-0.25, -0.2) is 15.0 Å². The summed E-state index contributed by atoms with van der Waals surface area (Å²) < 4.78 is 5.38. The number of hydrogen-bond donors (Lipinski definition) is 3. The number of piperazine rings is 1. The van der Waals surface area contributed by atoms with Crippen LogP contribution in [0.2, 0.25) is 0 Å². The van der Waals surface area contributed by atoms with E-state index in [0.29, 0.717) is 41.2 Å². The number of nitrogens with zero attached hydrogens (tertiary/aromatic N) is 6. The number of aromatic nitrogens is 4. The van der Waals surface area contributed by atoms with Crippen molar-refractivity contribution in [2.45, 2.75) is 32.4 Å². The highest BCUT2D eigenvalue weighted by Crippen LogP contribution is 2.35. The minimum atomic E-state index is -0.420. The number of fused-ring (bicyclic) bond motifs is 3. The normalized spacial score (nSPS) is 20.7. The van der Waals surface area contributed by atoms with Crippen LogP contribution in [0, 0.1) is 13.8 Å². The molecule has 2 saturated heterocycles. The molecule has 3 N–H and O–H groups in total. The summed E-state index contributed by atoms with van der Waals surface area (Å²) in [6, 6.07) is 6.69. The zero-order chi connectivity index (χ0) is 25.0. The van der Waals surface area contributed by atoms with Crippen LogP contribution in [0.3, 0.4) is 0 Å². The first-order valence-electron chi connectivity index (χ1n) is 11.8. The molecule has 184 valence electrons. The first-order valence-corrected chi connectivity index (χ1v) is 11.8. The van der Waals surface area contributed by atoms with Crippen molar-refractivity contribution in [3.05, 3.63) is 54.1 Å². The van der Waals surface area contributed by atoms with Gasteiger partial charge in [-0.05, 0) is 51.1 Å². The van der Waals surface area contributed by atoms with Crippen LogP contribution in [-0.4, -0.2) is 63.0 Å². The predicted molar refractivity (Wildman–Crippen MR) is 137 cm³/mol. The van der Waals surface area contributed by atoms with E-state index in [2.05, 4.69) is 67.3 Å². The van der Waals surface area contributed by atoms with E-state index < -0.39 is 5.91 Å². The molecule has 0 saturated carbocycles. The van der Waals surface area contributed by atoms with Gasteiger partial charge in [0.15, 0.2) is 17.3 Å². The topological polar surface area (TPSA) is 120 Å². The molecule has 0 aliphatic carbocycles. The summed E-state index contributed by atoms with van der Waals surface area (Å²) in [4.78, 5) is 34.9. The Kier molecular flexibility index (Phi) is 5.22. The summed E-state index contributed by atoms with van der Waals surface area (Å²) in [7, 11) is 2.20. The summed E-state index contributed by atoms with van der Waals surface area (Å²) in [6.07, 6.45) is 4.77. The second kappa shape index (κ2) is 8.45. The number of hydrogen-bond acceptors (Lipinski definition) is 10. The van der Waals surface area contributed by atoms with Gasteiger partial charge < -0.3 is 25.6 Å².